The predicted molar refractivity (Wildman–Crippen MR) is 405 cm³/mol. The van der Waals surface area contributed by atoms with Crippen molar-refractivity contribution in [3.8, 4) is 46.7 Å². The van der Waals surface area contributed by atoms with E-state index in [-0.39, 0.29) is 89.5 Å². The summed E-state index contributed by atoms with van der Waals surface area (Å²) in [4.78, 5) is 87.5. The summed E-state index contributed by atoms with van der Waals surface area (Å²) in [6, 6.07) is 5.36. The van der Waals surface area contributed by atoms with Gasteiger partial charge in [-0.3, -0.25) is 34.1 Å². The number of likely N-dealkylation sites (N-methyl/N-ethyl adjacent to an activating group) is 1. The van der Waals surface area contributed by atoms with Crippen LogP contribution < -0.4 is 40.9 Å². The topological polar surface area (TPSA) is 411 Å². The van der Waals surface area contributed by atoms with Crippen LogP contribution in [-0.4, -0.2) is 252 Å². The Labute approximate surface area is 653 Å². The molecular weight excluding hydrogens is 1580 g/mol. The normalized spacial score (nSPS) is 30.7. The Morgan fingerprint density at radius 1 is 0.870 bits per heavy atom. The number of hydroxylamine groups is 1. The average molecular weight is 1680 g/mol. The smallest absolute Gasteiger partial charge is 0.411 e. The van der Waals surface area contributed by atoms with Gasteiger partial charge in [-0.05, 0) is 132 Å². The number of methoxy groups -OCH3 is 5. The number of halogens is 1. The number of carbonyl (C=O) groups excluding carboxylic acids is 6. The Balaban J connectivity index is 1.02. The van der Waals surface area contributed by atoms with Crippen molar-refractivity contribution in [1.29, 1.82) is 0 Å². The zero-order valence-corrected chi connectivity index (χ0v) is 67.1. The molecule has 4 saturated heterocycles. The van der Waals surface area contributed by atoms with E-state index >= 15 is 0 Å². The van der Waals surface area contributed by atoms with Gasteiger partial charge in [0.1, 0.15) is 42.4 Å². The number of primary amides is 1. The molecule has 0 spiro atoms. The number of hydrogen-bond acceptors (Lipinski definition) is 30. The summed E-state index contributed by atoms with van der Waals surface area (Å²) in [6.45, 7) is 15.9. The summed E-state index contributed by atoms with van der Waals surface area (Å²) in [6.07, 6.45) is -15.2. The zero-order chi connectivity index (χ0) is 79.1. The average Bonchev–Trinajstić information content (AvgIpc) is 0.755. The zero-order valence-electron chi connectivity index (χ0n) is 62.5. The van der Waals surface area contributed by atoms with Crippen LogP contribution in [0.25, 0.3) is 0 Å². The van der Waals surface area contributed by atoms with Gasteiger partial charge in [-0.1, -0.05) is 63.1 Å². The maximum absolute atomic E-state index is 14.6. The lowest BCUT2D eigenvalue weighted by Crippen LogP contribution is -2.65. The number of fused-ring (bicyclic) bond motifs is 2. The second-order valence-corrected chi connectivity index (χ2v) is 32.0. The molecule has 0 unspecified atom stereocenters. The lowest BCUT2D eigenvalue weighted by Gasteiger charge is -2.47. The maximum Gasteiger partial charge on any atom is 0.411 e. The number of hydrogen-bond donors (Lipinski definition) is 9. The molecule has 35 heteroatoms. The minimum Gasteiger partial charge on any atom is -0.494 e. The number of thioether (sulfide) groups is 1. The predicted octanol–water partition coefficient (Wildman–Crippen LogP) is 4.53. The molecule has 2 aromatic rings. The third kappa shape index (κ3) is 21.7. The summed E-state index contributed by atoms with van der Waals surface area (Å²) < 4.78 is 78.2. The monoisotopic (exact) mass is 1680 g/mol. The molecule has 10 N–H and O–H groups in total. The molecule has 4 fully saturated rings. The van der Waals surface area contributed by atoms with Gasteiger partial charge < -0.3 is 97.7 Å². The fourth-order valence-electron chi connectivity index (χ4n) is 13.0. The van der Waals surface area contributed by atoms with Gasteiger partial charge in [-0.2, -0.15) is 10.6 Å². The Hall–Kier alpha value is -6.15. The lowest BCUT2D eigenvalue weighted by molar-refractivity contribution is -0.337. The Kier molecular flexibility index (Phi) is 32.3. The van der Waals surface area contributed by atoms with Gasteiger partial charge in [0.2, 0.25) is 34.9 Å². The number of ketones is 1. The molecule has 6 aliphatic rings. The Morgan fingerprint density at radius 3 is 2.22 bits per heavy atom. The number of carbonyl (C=O) groups is 6. The fraction of sp³-hybridized carbons (Fsp3) is 0.603. The maximum atomic E-state index is 14.6. The number of aliphatic hydroxyl groups is 5. The van der Waals surface area contributed by atoms with Gasteiger partial charge in [0, 0.05) is 75.0 Å². The minimum atomic E-state index is -2.23. The highest BCUT2D eigenvalue weighted by Gasteiger charge is 2.53. The first-order chi connectivity index (χ1) is 51.3. The van der Waals surface area contributed by atoms with Crippen LogP contribution in [0.2, 0.25) is 0 Å². The summed E-state index contributed by atoms with van der Waals surface area (Å²) >= 11 is 2.78. The quantitative estimate of drug-likeness (QED) is 0.0125. The van der Waals surface area contributed by atoms with Gasteiger partial charge in [0.25, 0.3) is 0 Å². The number of amides is 4. The number of aliphatic hydroxyl groups excluding tert-OH is 4. The van der Waals surface area contributed by atoms with Crippen molar-refractivity contribution in [2.45, 2.75) is 221 Å². The number of rotatable bonds is 31. The first-order valence-corrected chi connectivity index (χ1v) is 39.2. The fourth-order valence-corrected chi connectivity index (χ4v) is 17.1. The van der Waals surface area contributed by atoms with Crippen molar-refractivity contribution < 1.29 is 121 Å². The van der Waals surface area contributed by atoms with Crippen LogP contribution in [0.15, 0.2) is 64.4 Å². The number of nitrogens with two attached hydrogens (primary N) is 1. The standard InChI is InChI=1S/C73H97IN6O25S3/c1-15-80(41(7)81)45-35-98-52(32-49(45)92-10)103-65-60(87)57(79-105-53-31-46(82)67(40(6)99-53)107-68(89)54-36(2)56(74)63(66(95-13)62(54)93-11)104-69-61(88)64(94-12)59(86)39(5)101-69)38(4)100-70(65)102-48-21-18-16-17-19-28-73(91)33-47(83)58(76-71(90)96-14)55(48)44(73)27-30-106-108-72(8,9)34-51(85)78-77-37(3)42-23-25-43(26-24-42)97-29-20-22-50(75)84/h16-17,23-27,38-40,45-46,48-49,52-53,57,59-61,64-65,67,69-70,79,82,86-88,91H,15,20,22,29-35H2,1-14H3,(H2,75,84)(H,76,90)(H,78,85)/b17-16-,44-27+,77-37+/t38-,39+,40-,45+,46+,48-,49+,52+,53+,57-,59+,60+,61-,64-,65-,67-,69+,70+,73+/m1/s1. The van der Waals surface area contributed by atoms with Gasteiger partial charge in [0.15, 0.2) is 41.8 Å². The highest BCUT2D eigenvalue weighted by atomic mass is 127. The van der Waals surface area contributed by atoms with Gasteiger partial charge in [-0.25, -0.2) is 10.2 Å². The number of allylic oxidation sites excluding steroid dienone is 3. The van der Waals surface area contributed by atoms with E-state index in [4.69, 9.17) is 72.2 Å². The third-order valence-corrected chi connectivity index (χ3v) is 24.4. The first-order valence-electron chi connectivity index (χ1n) is 34.9. The van der Waals surface area contributed by atoms with Gasteiger partial charge >= 0.3 is 6.09 Å². The molecule has 4 amide bonds. The van der Waals surface area contributed by atoms with Crippen LogP contribution in [0.1, 0.15) is 115 Å². The van der Waals surface area contributed by atoms with Crippen LogP contribution in [0.4, 0.5) is 4.79 Å². The summed E-state index contributed by atoms with van der Waals surface area (Å²) in [5.41, 5.74) is 9.81. The van der Waals surface area contributed by atoms with E-state index in [1.165, 1.54) is 69.1 Å². The van der Waals surface area contributed by atoms with Crippen LogP contribution in [0.3, 0.4) is 0 Å². The Bertz CT molecular complexity index is 3800. The van der Waals surface area contributed by atoms with E-state index in [2.05, 4.69) is 45.0 Å². The molecule has 4 aliphatic heterocycles. The van der Waals surface area contributed by atoms with E-state index in [9.17, 15) is 54.3 Å². The molecule has 19 atom stereocenters. The largest absolute Gasteiger partial charge is 0.494 e. The molecule has 2 aliphatic carbocycles. The molecule has 594 valence electrons. The van der Waals surface area contributed by atoms with Crippen LogP contribution >= 0.6 is 55.9 Å². The highest BCUT2D eigenvalue weighted by molar-refractivity contribution is 14.1. The second-order valence-electron chi connectivity index (χ2n) is 26.7. The number of Topliss-reactive ketones (excluding diaryl/α,β-unsaturated/α-hetero) is 1. The van der Waals surface area contributed by atoms with E-state index in [1.807, 2.05) is 43.4 Å². The molecule has 2 bridgehead atoms. The first kappa shape index (κ1) is 87.4. The molecule has 0 radical (unpaired) electrons. The molecule has 8 rings (SSSR count). The minimum absolute atomic E-state index is 0.00339. The van der Waals surface area contributed by atoms with E-state index in [0.717, 1.165) is 24.4 Å². The molecule has 2 aromatic carbocycles. The van der Waals surface area contributed by atoms with E-state index < -0.39 is 149 Å². The number of benzene rings is 2. The number of nitrogens with zero attached hydrogens (tertiary/aromatic N) is 2. The molecule has 0 saturated carbocycles. The van der Waals surface area contributed by atoms with Crippen LogP contribution in [0.5, 0.6) is 23.0 Å². The summed E-state index contributed by atoms with van der Waals surface area (Å²) in [7, 11) is 9.28. The number of alkyl carbamates (subject to hydrolysis) is 1. The van der Waals surface area contributed by atoms with E-state index in [1.54, 1.807) is 69.9 Å². The summed E-state index contributed by atoms with van der Waals surface area (Å²) in [5, 5.41) is 64.5. The Morgan fingerprint density at radius 2 is 1.57 bits per heavy atom. The molecule has 4 heterocycles. The summed E-state index contributed by atoms with van der Waals surface area (Å²) in [5.74, 6) is 10.5. The highest BCUT2D eigenvalue weighted by Crippen LogP contribution is 2.49. The number of nitrogens with one attached hydrogen (secondary N) is 3. The van der Waals surface area contributed by atoms with E-state index in [0.29, 0.717) is 40.2 Å². The molecule has 0 aromatic heterocycles. The van der Waals surface area contributed by atoms with Crippen LogP contribution in [-0.2, 0) is 66.6 Å². The number of ether oxygens (including phenoxy) is 13. The van der Waals surface area contributed by atoms with Gasteiger partial charge in [0.05, 0.1) is 109 Å². The van der Waals surface area contributed by atoms with Crippen molar-refractivity contribution in [2.75, 3.05) is 61.1 Å². The van der Waals surface area contributed by atoms with Gasteiger partial charge in [-0.15, -0.1) is 0 Å². The molecule has 31 nitrogen and oxygen atoms in total. The second kappa shape index (κ2) is 39.8. The lowest BCUT2D eigenvalue weighted by atomic mass is 9.75. The number of hydrazone groups is 1. The SMILES string of the molecule is CCN(C(C)=O)[C@H]1CO[C@@H](O[C@H]2[C@H](O[C@@H]3C#C/C=C\C#C[C@]4(O)CC(=O)C(NC(=O)OC)=C3/C4=C\CSSC(C)(C)CC(=O)N/N=C(\C)c3ccc(OCCCC(N)=O)cc3)O[C@H](C)[C@@H](NO[C@H]3C[C@H](O)[C@H](SC(=O)c4c(C)c(I)c(O[C@@H]5O[C@@H](C)[C@H](O)[C@@H](OC)[C@H]5O)c(OC)c4OC)[C@@H](C)O3)[C@@H]2O)C[C@@H]1OC. The van der Waals surface area contributed by atoms with Crippen molar-refractivity contribution in [1.82, 2.24) is 21.1 Å². The molecular formula is C73H97IN6O25S3. The molecule has 108 heavy (non-hydrogen) atoms. The van der Waals surface area contributed by atoms with Crippen molar-refractivity contribution >= 4 is 96.4 Å². The third-order valence-electron chi connectivity index (χ3n) is 18.6. The van der Waals surface area contributed by atoms with Crippen LogP contribution in [0, 0.1) is 34.2 Å². The van der Waals surface area contributed by atoms with Crippen molar-refractivity contribution in [2.24, 2.45) is 10.8 Å². The van der Waals surface area contributed by atoms with Crippen molar-refractivity contribution in [3.05, 3.63) is 79.6 Å². The van der Waals surface area contributed by atoms with Crippen molar-refractivity contribution in [3.63, 3.8) is 0 Å².